The molecule has 0 radical (unpaired) electrons. The van der Waals surface area contributed by atoms with Crippen molar-refractivity contribution in [1.29, 1.82) is 0 Å². The molecule has 1 aliphatic heterocycles. The number of nitrogens with two attached hydrogens (primary N) is 1. The predicted octanol–water partition coefficient (Wildman–Crippen LogP) is 1.74. The second-order valence-electron chi connectivity index (χ2n) is 7.37. The Bertz CT molecular complexity index is 521. The highest BCUT2D eigenvalue weighted by Gasteiger charge is 2.27. The number of anilines is 1. The minimum atomic E-state index is -0.466. The lowest BCUT2D eigenvalue weighted by Gasteiger charge is -2.34. The Morgan fingerprint density at radius 2 is 1.70 bits per heavy atom. The first-order valence-electron chi connectivity index (χ1n) is 8.65. The van der Waals surface area contributed by atoms with Crippen LogP contribution in [-0.4, -0.2) is 66.1 Å². The molecule has 1 fully saturated rings. The highest BCUT2D eigenvalue weighted by Crippen LogP contribution is 2.17. The summed E-state index contributed by atoms with van der Waals surface area (Å²) in [6.45, 7) is 11.4. The summed E-state index contributed by atoms with van der Waals surface area (Å²) in [6.07, 6.45) is 4.49. The number of hydrogen-bond acceptors (Lipinski definition) is 6. The predicted molar refractivity (Wildman–Crippen MR) is 117 cm³/mol. The van der Waals surface area contributed by atoms with E-state index in [1.54, 1.807) is 12.4 Å². The standard InChI is InChI=1S/C17H30N6O.3ClH/c1-17(2,3)14(18)15(24)19-8-5-9-22-10-12-23(13-11-22)16-20-6-4-7-21-16;;;/h4,6-7,14H,5,8-13,18H2,1-3H3,(H,19,24);3*1H/t14-;;;/m1.../s1. The molecule has 1 atom stereocenters. The number of halogens is 3. The van der Waals surface area contributed by atoms with Crippen molar-refractivity contribution in [1.82, 2.24) is 20.2 Å². The molecule has 27 heavy (non-hydrogen) atoms. The van der Waals surface area contributed by atoms with E-state index < -0.39 is 6.04 Å². The van der Waals surface area contributed by atoms with E-state index in [9.17, 15) is 4.79 Å². The van der Waals surface area contributed by atoms with Gasteiger partial charge in [-0.05, 0) is 24.4 Å². The zero-order valence-electron chi connectivity index (χ0n) is 16.3. The molecule has 3 N–H and O–H groups in total. The summed E-state index contributed by atoms with van der Waals surface area (Å²) in [5, 5.41) is 2.94. The number of amides is 1. The van der Waals surface area contributed by atoms with E-state index in [4.69, 9.17) is 5.73 Å². The van der Waals surface area contributed by atoms with Gasteiger partial charge in [-0.15, -0.1) is 37.2 Å². The van der Waals surface area contributed by atoms with Crippen LogP contribution in [0.5, 0.6) is 0 Å². The number of nitrogens with one attached hydrogen (secondary N) is 1. The molecular weight excluding hydrogens is 411 g/mol. The zero-order valence-corrected chi connectivity index (χ0v) is 18.7. The van der Waals surface area contributed by atoms with Crippen molar-refractivity contribution >= 4 is 49.1 Å². The minimum absolute atomic E-state index is 0. The summed E-state index contributed by atoms with van der Waals surface area (Å²) >= 11 is 0. The summed E-state index contributed by atoms with van der Waals surface area (Å²) in [6, 6.07) is 1.37. The molecule has 0 spiro atoms. The first-order valence-corrected chi connectivity index (χ1v) is 8.65. The zero-order chi connectivity index (χ0) is 17.6. The molecule has 158 valence electrons. The summed E-state index contributed by atoms with van der Waals surface area (Å²) in [5.41, 5.74) is 5.74. The van der Waals surface area contributed by atoms with Gasteiger partial charge in [-0.25, -0.2) is 9.97 Å². The third kappa shape index (κ3) is 9.25. The van der Waals surface area contributed by atoms with Crippen molar-refractivity contribution in [3.8, 4) is 0 Å². The lowest BCUT2D eigenvalue weighted by Crippen LogP contribution is -2.49. The Morgan fingerprint density at radius 3 is 2.22 bits per heavy atom. The molecule has 0 aliphatic carbocycles. The normalized spacial score (nSPS) is 15.6. The van der Waals surface area contributed by atoms with E-state index in [0.717, 1.165) is 45.1 Å². The molecule has 1 saturated heterocycles. The SMILES string of the molecule is CC(C)(C)[C@H](N)C(=O)NCCCN1CCN(c2ncccn2)CC1.Cl.Cl.Cl. The third-order valence-electron chi connectivity index (χ3n) is 4.37. The number of nitrogens with zero attached hydrogens (tertiary/aromatic N) is 4. The van der Waals surface area contributed by atoms with Gasteiger partial charge in [0.2, 0.25) is 11.9 Å². The van der Waals surface area contributed by atoms with Gasteiger partial charge >= 0.3 is 0 Å². The number of carbonyl (C=O) groups is 1. The van der Waals surface area contributed by atoms with Crippen molar-refractivity contribution < 1.29 is 4.79 Å². The molecule has 10 heteroatoms. The van der Waals surface area contributed by atoms with Crippen LogP contribution in [0.15, 0.2) is 18.5 Å². The van der Waals surface area contributed by atoms with Crippen LogP contribution in [-0.2, 0) is 4.79 Å². The highest BCUT2D eigenvalue weighted by molar-refractivity contribution is 5.86. The quantitative estimate of drug-likeness (QED) is 0.651. The van der Waals surface area contributed by atoms with Gasteiger partial charge in [-0.2, -0.15) is 0 Å². The summed E-state index contributed by atoms with van der Waals surface area (Å²) in [7, 11) is 0. The summed E-state index contributed by atoms with van der Waals surface area (Å²) < 4.78 is 0. The Morgan fingerprint density at radius 1 is 1.15 bits per heavy atom. The van der Waals surface area contributed by atoms with Gasteiger partial charge < -0.3 is 16.0 Å². The first kappa shape index (κ1) is 28.4. The Balaban J connectivity index is 0. The largest absolute Gasteiger partial charge is 0.355 e. The second kappa shape index (κ2) is 13.3. The maximum atomic E-state index is 12.0. The summed E-state index contributed by atoms with van der Waals surface area (Å²) in [5.74, 6) is 0.745. The minimum Gasteiger partial charge on any atom is -0.355 e. The maximum absolute atomic E-state index is 12.0. The van der Waals surface area contributed by atoms with Crippen LogP contribution in [0.1, 0.15) is 27.2 Å². The van der Waals surface area contributed by atoms with Crippen LogP contribution in [0.25, 0.3) is 0 Å². The van der Waals surface area contributed by atoms with Crippen LogP contribution < -0.4 is 16.0 Å². The fourth-order valence-electron chi connectivity index (χ4n) is 2.64. The van der Waals surface area contributed by atoms with E-state index in [2.05, 4.69) is 25.1 Å². The van der Waals surface area contributed by atoms with Crippen LogP contribution in [0, 0.1) is 5.41 Å². The van der Waals surface area contributed by atoms with E-state index in [0.29, 0.717) is 6.54 Å². The molecule has 7 nitrogen and oxygen atoms in total. The highest BCUT2D eigenvalue weighted by atomic mass is 35.5. The van der Waals surface area contributed by atoms with Crippen molar-refractivity contribution in [2.75, 3.05) is 44.2 Å². The third-order valence-corrected chi connectivity index (χ3v) is 4.37. The molecule has 2 heterocycles. The molecule has 1 aliphatic rings. The molecule has 1 aromatic heterocycles. The number of hydrogen-bond donors (Lipinski definition) is 2. The average Bonchev–Trinajstić information content (AvgIpc) is 2.58. The van der Waals surface area contributed by atoms with Gasteiger partial charge in [0.1, 0.15) is 0 Å². The van der Waals surface area contributed by atoms with Gasteiger partial charge in [0.15, 0.2) is 0 Å². The molecule has 1 amide bonds. The Kier molecular flexibility index (Phi) is 14.0. The van der Waals surface area contributed by atoms with Gasteiger partial charge in [0.05, 0.1) is 6.04 Å². The van der Waals surface area contributed by atoms with Gasteiger partial charge in [-0.1, -0.05) is 20.8 Å². The smallest absolute Gasteiger partial charge is 0.237 e. The Hall–Kier alpha value is -0.860. The van der Waals surface area contributed by atoms with E-state index >= 15 is 0 Å². The van der Waals surface area contributed by atoms with Gasteiger partial charge in [0, 0.05) is 45.1 Å². The van der Waals surface area contributed by atoms with Crippen LogP contribution in [0.4, 0.5) is 5.95 Å². The molecule has 1 aromatic rings. The first-order chi connectivity index (χ1) is 11.4. The fourth-order valence-corrected chi connectivity index (χ4v) is 2.64. The fraction of sp³-hybridized carbons (Fsp3) is 0.706. The van der Waals surface area contributed by atoms with E-state index in [1.165, 1.54) is 0 Å². The van der Waals surface area contributed by atoms with Crippen molar-refractivity contribution in [2.45, 2.75) is 33.2 Å². The van der Waals surface area contributed by atoms with Crippen LogP contribution in [0.3, 0.4) is 0 Å². The van der Waals surface area contributed by atoms with Crippen molar-refractivity contribution in [3.05, 3.63) is 18.5 Å². The monoisotopic (exact) mass is 442 g/mol. The molecule has 0 aromatic carbocycles. The van der Waals surface area contributed by atoms with Gasteiger partial charge in [0.25, 0.3) is 0 Å². The maximum Gasteiger partial charge on any atom is 0.237 e. The van der Waals surface area contributed by atoms with Gasteiger partial charge in [-0.3, -0.25) is 9.69 Å². The lowest BCUT2D eigenvalue weighted by atomic mass is 9.87. The molecule has 0 bridgehead atoms. The molecule has 0 unspecified atom stereocenters. The topological polar surface area (TPSA) is 87.4 Å². The van der Waals surface area contributed by atoms with Crippen LogP contribution >= 0.6 is 37.2 Å². The van der Waals surface area contributed by atoms with E-state index in [1.807, 2.05) is 26.8 Å². The number of carbonyl (C=O) groups excluding carboxylic acids is 1. The number of aromatic nitrogens is 2. The van der Waals surface area contributed by atoms with E-state index in [-0.39, 0.29) is 48.5 Å². The molecule has 2 rings (SSSR count). The number of piperazine rings is 1. The van der Waals surface area contributed by atoms with Crippen molar-refractivity contribution in [2.24, 2.45) is 11.1 Å². The Labute approximate surface area is 181 Å². The molecule has 0 saturated carbocycles. The number of rotatable bonds is 6. The van der Waals surface area contributed by atoms with Crippen LogP contribution in [0.2, 0.25) is 0 Å². The molecular formula is C17H33Cl3N6O. The second-order valence-corrected chi connectivity index (χ2v) is 7.37. The summed E-state index contributed by atoms with van der Waals surface area (Å²) in [4.78, 5) is 25.2. The lowest BCUT2D eigenvalue weighted by molar-refractivity contribution is -0.124. The van der Waals surface area contributed by atoms with Crippen molar-refractivity contribution in [3.63, 3.8) is 0 Å². The average molecular weight is 444 g/mol.